The summed E-state index contributed by atoms with van der Waals surface area (Å²) < 4.78 is 0. The van der Waals surface area contributed by atoms with E-state index in [9.17, 15) is 0 Å². The molecule has 1 fully saturated rings. The van der Waals surface area contributed by atoms with E-state index in [1.165, 1.54) is 32.2 Å². The molecular formula is C17H35N. The zero-order chi connectivity index (χ0) is 14.0. The minimum Gasteiger partial charge on any atom is -0.314 e. The molecule has 0 heterocycles. The SMILES string of the molecule is CCCNC(CC(CC)CC)C1C(C)(C)C1(C)C. The molecule has 1 N–H and O–H groups in total. The second-order valence-corrected chi connectivity index (χ2v) is 7.40. The van der Waals surface area contributed by atoms with Gasteiger partial charge in [0.25, 0.3) is 0 Å². The van der Waals surface area contributed by atoms with Crippen LogP contribution in [-0.4, -0.2) is 12.6 Å². The van der Waals surface area contributed by atoms with Gasteiger partial charge in [-0.1, -0.05) is 61.3 Å². The Morgan fingerprint density at radius 3 is 1.78 bits per heavy atom. The van der Waals surface area contributed by atoms with Gasteiger partial charge in [-0.25, -0.2) is 0 Å². The fourth-order valence-electron chi connectivity index (χ4n) is 3.90. The first-order valence-electron chi connectivity index (χ1n) is 8.06. The lowest BCUT2D eigenvalue weighted by Crippen LogP contribution is -2.35. The van der Waals surface area contributed by atoms with Crippen molar-refractivity contribution in [1.82, 2.24) is 5.32 Å². The van der Waals surface area contributed by atoms with E-state index in [2.05, 4.69) is 53.8 Å². The zero-order valence-corrected chi connectivity index (χ0v) is 13.8. The number of nitrogens with one attached hydrogen (secondary N) is 1. The van der Waals surface area contributed by atoms with Gasteiger partial charge in [-0.15, -0.1) is 0 Å². The quantitative estimate of drug-likeness (QED) is 0.651. The molecule has 1 heteroatoms. The van der Waals surface area contributed by atoms with Crippen molar-refractivity contribution >= 4 is 0 Å². The first-order valence-corrected chi connectivity index (χ1v) is 8.06. The van der Waals surface area contributed by atoms with Gasteiger partial charge in [0.1, 0.15) is 0 Å². The van der Waals surface area contributed by atoms with Gasteiger partial charge in [-0.3, -0.25) is 0 Å². The summed E-state index contributed by atoms with van der Waals surface area (Å²) >= 11 is 0. The normalized spacial score (nSPS) is 23.3. The highest BCUT2D eigenvalue weighted by molar-refractivity contribution is 5.16. The molecule has 0 saturated heterocycles. The number of hydrogen-bond donors (Lipinski definition) is 1. The van der Waals surface area contributed by atoms with Crippen molar-refractivity contribution in [2.45, 2.75) is 80.2 Å². The third-order valence-electron chi connectivity index (χ3n) is 5.93. The molecule has 0 radical (unpaired) electrons. The van der Waals surface area contributed by atoms with E-state index in [1.807, 2.05) is 0 Å². The molecule has 1 rings (SSSR count). The van der Waals surface area contributed by atoms with Crippen LogP contribution in [-0.2, 0) is 0 Å². The van der Waals surface area contributed by atoms with Crippen molar-refractivity contribution in [2.24, 2.45) is 22.7 Å². The van der Waals surface area contributed by atoms with Crippen molar-refractivity contribution in [3.63, 3.8) is 0 Å². The van der Waals surface area contributed by atoms with E-state index in [4.69, 9.17) is 0 Å². The number of hydrogen-bond acceptors (Lipinski definition) is 1. The van der Waals surface area contributed by atoms with Gasteiger partial charge in [0.2, 0.25) is 0 Å². The fraction of sp³-hybridized carbons (Fsp3) is 1.00. The Kier molecular flexibility index (Phi) is 5.29. The van der Waals surface area contributed by atoms with Crippen molar-refractivity contribution in [2.75, 3.05) is 6.54 Å². The highest BCUT2D eigenvalue weighted by Gasteiger charge is 2.66. The van der Waals surface area contributed by atoms with Crippen LogP contribution in [0, 0.1) is 22.7 Å². The summed E-state index contributed by atoms with van der Waals surface area (Å²) in [6, 6.07) is 0.722. The predicted molar refractivity (Wildman–Crippen MR) is 81.8 cm³/mol. The molecule has 0 aliphatic heterocycles. The Labute approximate surface area is 115 Å². The minimum atomic E-state index is 0.504. The van der Waals surface area contributed by atoms with Gasteiger partial charge in [0.05, 0.1) is 0 Å². The Balaban J connectivity index is 2.68. The molecule has 1 unspecified atom stereocenters. The molecule has 1 aliphatic rings. The monoisotopic (exact) mass is 253 g/mol. The van der Waals surface area contributed by atoms with Gasteiger partial charge in [0.15, 0.2) is 0 Å². The summed E-state index contributed by atoms with van der Waals surface area (Å²) in [4.78, 5) is 0. The van der Waals surface area contributed by atoms with Crippen LogP contribution >= 0.6 is 0 Å². The van der Waals surface area contributed by atoms with Crippen molar-refractivity contribution in [3.8, 4) is 0 Å². The Morgan fingerprint density at radius 1 is 0.944 bits per heavy atom. The third kappa shape index (κ3) is 2.92. The lowest BCUT2D eigenvalue weighted by molar-refractivity contribution is 0.309. The molecule has 0 aromatic carbocycles. The first-order chi connectivity index (χ1) is 8.32. The summed E-state index contributed by atoms with van der Waals surface area (Å²) in [5.41, 5.74) is 1.01. The zero-order valence-electron chi connectivity index (χ0n) is 13.8. The Bertz CT molecular complexity index is 236. The largest absolute Gasteiger partial charge is 0.314 e. The van der Waals surface area contributed by atoms with Crippen LogP contribution in [0.3, 0.4) is 0 Å². The summed E-state index contributed by atoms with van der Waals surface area (Å²) in [5, 5.41) is 3.84. The van der Waals surface area contributed by atoms with Gasteiger partial charge in [-0.05, 0) is 42.1 Å². The molecule has 0 aromatic heterocycles. The lowest BCUT2D eigenvalue weighted by atomic mass is 9.89. The average Bonchev–Trinajstić information content (AvgIpc) is 2.71. The smallest absolute Gasteiger partial charge is 0.0109 e. The summed E-state index contributed by atoms with van der Waals surface area (Å²) in [7, 11) is 0. The Hall–Kier alpha value is -0.0400. The van der Waals surface area contributed by atoms with Gasteiger partial charge in [-0.2, -0.15) is 0 Å². The van der Waals surface area contributed by atoms with Crippen LogP contribution in [0.1, 0.15) is 74.1 Å². The van der Waals surface area contributed by atoms with Crippen LogP contribution < -0.4 is 5.32 Å². The Morgan fingerprint density at radius 2 is 1.44 bits per heavy atom. The van der Waals surface area contributed by atoms with Gasteiger partial charge in [0, 0.05) is 6.04 Å². The molecule has 1 atom stereocenters. The van der Waals surface area contributed by atoms with Gasteiger partial charge < -0.3 is 5.32 Å². The molecule has 1 saturated carbocycles. The first kappa shape index (κ1) is 16.0. The van der Waals surface area contributed by atoms with Gasteiger partial charge >= 0.3 is 0 Å². The second-order valence-electron chi connectivity index (χ2n) is 7.40. The van der Waals surface area contributed by atoms with E-state index in [0.717, 1.165) is 17.9 Å². The van der Waals surface area contributed by atoms with Crippen LogP contribution in [0.2, 0.25) is 0 Å². The molecule has 18 heavy (non-hydrogen) atoms. The average molecular weight is 253 g/mol. The molecular weight excluding hydrogens is 218 g/mol. The second kappa shape index (κ2) is 5.94. The predicted octanol–water partition coefficient (Wildman–Crippen LogP) is 4.86. The van der Waals surface area contributed by atoms with Crippen molar-refractivity contribution < 1.29 is 0 Å². The standard InChI is InChI=1S/C17H35N/c1-8-11-18-14(12-13(9-2)10-3)15-16(4,5)17(15,6)7/h13-15,18H,8-12H2,1-7H3. The van der Waals surface area contributed by atoms with E-state index in [1.54, 1.807) is 0 Å². The molecule has 0 amide bonds. The fourth-order valence-corrected chi connectivity index (χ4v) is 3.90. The molecule has 0 bridgehead atoms. The van der Waals surface area contributed by atoms with Crippen molar-refractivity contribution in [3.05, 3.63) is 0 Å². The summed E-state index contributed by atoms with van der Waals surface area (Å²) in [6.07, 6.45) is 5.26. The maximum Gasteiger partial charge on any atom is 0.0109 e. The molecule has 0 spiro atoms. The van der Waals surface area contributed by atoms with E-state index in [0.29, 0.717) is 10.8 Å². The minimum absolute atomic E-state index is 0.504. The third-order valence-corrected chi connectivity index (χ3v) is 5.93. The molecule has 1 nitrogen and oxygen atoms in total. The lowest BCUT2D eigenvalue weighted by Gasteiger charge is -2.25. The van der Waals surface area contributed by atoms with Crippen LogP contribution in [0.25, 0.3) is 0 Å². The number of rotatable bonds is 8. The van der Waals surface area contributed by atoms with Crippen LogP contribution in [0.5, 0.6) is 0 Å². The summed E-state index contributed by atoms with van der Waals surface area (Å²) in [5.74, 6) is 1.74. The van der Waals surface area contributed by atoms with E-state index in [-0.39, 0.29) is 0 Å². The maximum absolute atomic E-state index is 3.84. The highest BCUT2D eigenvalue weighted by Crippen LogP contribution is 2.70. The van der Waals surface area contributed by atoms with Crippen LogP contribution in [0.15, 0.2) is 0 Å². The van der Waals surface area contributed by atoms with E-state index >= 15 is 0 Å². The van der Waals surface area contributed by atoms with E-state index < -0.39 is 0 Å². The van der Waals surface area contributed by atoms with Crippen molar-refractivity contribution in [1.29, 1.82) is 0 Å². The van der Waals surface area contributed by atoms with Crippen LogP contribution in [0.4, 0.5) is 0 Å². The maximum atomic E-state index is 3.84. The summed E-state index contributed by atoms with van der Waals surface area (Å²) in [6.45, 7) is 17.9. The molecule has 1 aliphatic carbocycles. The molecule has 108 valence electrons. The highest BCUT2D eigenvalue weighted by atomic mass is 15.0. The topological polar surface area (TPSA) is 12.0 Å². The molecule has 0 aromatic rings.